The second-order valence-corrected chi connectivity index (χ2v) is 7.02. The largest absolute Gasteiger partial charge is 0.480 e. The molecule has 0 spiro atoms. The van der Waals surface area contributed by atoms with Crippen LogP contribution in [0.4, 0.5) is 0 Å². The van der Waals surface area contributed by atoms with E-state index in [1.807, 2.05) is 0 Å². The number of sulfonamides is 1. The second kappa shape index (κ2) is 7.03. The molecule has 8 heteroatoms. The number of nitrogens with zero attached hydrogens (tertiary/aromatic N) is 1. The number of hydrogen-bond donors (Lipinski definition) is 2. The van der Waals surface area contributed by atoms with Crippen molar-refractivity contribution in [2.75, 3.05) is 12.3 Å². The van der Waals surface area contributed by atoms with Crippen molar-refractivity contribution in [3.05, 3.63) is 0 Å². The van der Waals surface area contributed by atoms with E-state index >= 15 is 0 Å². The van der Waals surface area contributed by atoms with E-state index in [4.69, 9.17) is 5.11 Å². The number of nitrogens with one attached hydrogen (secondary N) is 1. The van der Waals surface area contributed by atoms with Crippen LogP contribution in [-0.2, 0) is 19.6 Å². The highest BCUT2D eigenvalue weighted by Crippen LogP contribution is 2.20. The van der Waals surface area contributed by atoms with E-state index in [0.29, 0.717) is 13.0 Å². The molecule has 1 rings (SSSR count). The Kier molecular flexibility index (Phi) is 5.94. The Morgan fingerprint density at radius 3 is 2.60 bits per heavy atom. The third-order valence-electron chi connectivity index (χ3n) is 3.48. The minimum Gasteiger partial charge on any atom is -0.480 e. The molecule has 2 atom stereocenters. The molecular formula is C12H22N2O5S. The number of piperidine rings is 1. The molecule has 0 radical (unpaired) electrons. The summed E-state index contributed by atoms with van der Waals surface area (Å²) >= 11 is 0. The van der Waals surface area contributed by atoms with E-state index in [0.717, 1.165) is 19.3 Å². The van der Waals surface area contributed by atoms with Gasteiger partial charge in [0.05, 0.1) is 5.75 Å². The van der Waals surface area contributed by atoms with Crippen molar-refractivity contribution >= 4 is 21.9 Å². The Morgan fingerprint density at radius 2 is 2.05 bits per heavy atom. The Hall–Kier alpha value is -1.15. The first-order chi connectivity index (χ1) is 9.23. The van der Waals surface area contributed by atoms with E-state index in [9.17, 15) is 18.0 Å². The minimum atomic E-state index is -3.64. The van der Waals surface area contributed by atoms with Crippen molar-refractivity contribution in [1.82, 2.24) is 9.62 Å². The van der Waals surface area contributed by atoms with Crippen LogP contribution < -0.4 is 4.72 Å². The number of carbonyl (C=O) groups excluding carboxylic acids is 1. The highest BCUT2D eigenvalue weighted by atomic mass is 32.2. The number of amides is 1. The van der Waals surface area contributed by atoms with Gasteiger partial charge in [0.2, 0.25) is 15.9 Å². The van der Waals surface area contributed by atoms with E-state index in [-0.39, 0.29) is 17.7 Å². The first-order valence-electron chi connectivity index (χ1n) is 6.73. The van der Waals surface area contributed by atoms with Crippen LogP contribution in [0.25, 0.3) is 0 Å². The van der Waals surface area contributed by atoms with Crippen LogP contribution in [0.2, 0.25) is 0 Å². The van der Waals surface area contributed by atoms with Gasteiger partial charge in [0, 0.05) is 19.5 Å². The van der Waals surface area contributed by atoms with Gasteiger partial charge >= 0.3 is 5.97 Å². The summed E-state index contributed by atoms with van der Waals surface area (Å²) in [7, 11) is -3.64. The van der Waals surface area contributed by atoms with E-state index in [1.54, 1.807) is 4.90 Å². The van der Waals surface area contributed by atoms with Gasteiger partial charge in [0.15, 0.2) is 0 Å². The topological polar surface area (TPSA) is 104 Å². The molecule has 1 amide bonds. The third-order valence-corrected chi connectivity index (χ3v) is 4.96. The van der Waals surface area contributed by atoms with Crippen LogP contribution in [0, 0.1) is 0 Å². The zero-order valence-corrected chi connectivity index (χ0v) is 12.6. The first kappa shape index (κ1) is 16.9. The first-order valence-corrected chi connectivity index (χ1v) is 8.38. The smallest absolute Gasteiger partial charge is 0.321 e. The molecule has 0 bridgehead atoms. The molecule has 0 aromatic rings. The maximum atomic E-state index is 11.8. The molecule has 1 unspecified atom stereocenters. The summed E-state index contributed by atoms with van der Waals surface area (Å²) < 4.78 is 25.7. The van der Waals surface area contributed by atoms with Gasteiger partial charge in [-0.3, -0.25) is 9.59 Å². The standard InChI is InChI=1S/C12H22N2O5S/c1-9(12(16)17)13-20(18,19)8-6-11-5-3-4-7-14(11)10(2)15/h9,11,13H,3-8H2,1-2H3,(H,16,17)/t9-,11?/m1/s1. The SMILES string of the molecule is CC(=O)N1CCCCC1CCS(=O)(=O)N[C@H](C)C(=O)O. The Balaban J connectivity index is 2.56. The molecule has 0 saturated carbocycles. The maximum absolute atomic E-state index is 11.8. The number of aliphatic carboxylic acids is 1. The molecule has 1 heterocycles. The lowest BCUT2D eigenvalue weighted by atomic mass is 10.00. The summed E-state index contributed by atoms with van der Waals surface area (Å²) in [6, 6.07) is -1.21. The average molecular weight is 306 g/mol. The highest BCUT2D eigenvalue weighted by molar-refractivity contribution is 7.89. The highest BCUT2D eigenvalue weighted by Gasteiger charge is 2.27. The van der Waals surface area contributed by atoms with Gasteiger partial charge in [0.25, 0.3) is 0 Å². The number of rotatable bonds is 6. The number of carbonyl (C=O) groups is 2. The molecule has 0 aromatic carbocycles. The van der Waals surface area contributed by atoms with Crippen LogP contribution in [0.15, 0.2) is 0 Å². The van der Waals surface area contributed by atoms with Gasteiger partial charge in [-0.05, 0) is 32.6 Å². The number of carboxylic acids is 1. The molecule has 0 aromatic heterocycles. The van der Waals surface area contributed by atoms with Crippen molar-refractivity contribution in [2.24, 2.45) is 0 Å². The molecule has 1 aliphatic rings. The number of hydrogen-bond acceptors (Lipinski definition) is 4. The molecule has 1 fully saturated rings. The summed E-state index contributed by atoms with van der Waals surface area (Å²) in [6.07, 6.45) is 3.05. The monoisotopic (exact) mass is 306 g/mol. The lowest BCUT2D eigenvalue weighted by Gasteiger charge is -2.35. The van der Waals surface area contributed by atoms with Gasteiger partial charge in [-0.25, -0.2) is 13.1 Å². The minimum absolute atomic E-state index is 0.0426. The normalized spacial score (nSPS) is 21.5. The van der Waals surface area contributed by atoms with Crippen LogP contribution in [0.5, 0.6) is 0 Å². The second-order valence-electron chi connectivity index (χ2n) is 5.15. The lowest BCUT2D eigenvalue weighted by molar-refractivity contribution is -0.138. The molecule has 1 saturated heterocycles. The molecule has 7 nitrogen and oxygen atoms in total. The van der Waals surface area contributed by atoms with Gasteiger partial charge in [-0.1, -0.05) is 0 Å². The molecule has 116 valence electrons. The summed E-state index contributed by atoms with van der Waals surface area (Å²) in [6.45, 7) is 3.43. The summed E-state index contributed by atoms with van der Waals surface area (Å²) in [5.41, 5.74) is 0. The predicted octanol–water partition coefficient (Wildman–Crippen LogP) is 0.170. The van der Waals surface area contributed by atoms with Crippen molar-refractivity contribution in [2.45, 2.75) is 51.6 Å². The summed E-state index contributed by atoms with van der Waals surface area (Å²) in [4.78, 5) is 23.8. The zero-order chi connectivity index (χ0) is 15.3. The number of carboxylic acid groups (broad SMARTS) is 1. The fourth-order valence-electron chi connectivity index (χ4n) is 2.39. The Labute approximate surface area is 119 Å². The maximum Gasteiger partial charge on any atom is 0.321 e. The van der Waals surface area contributed by atoms with Crippen LogP contribution in [-0.4, -0.2) is 54.7 Å². The van der Waals surface area contributed by atoms with Crippen molar-refractivity contribution < 1.29 is 23.1 Å². The van der Waals surface area contributed by atoms with Gasteiger partial charge in [-0.15, -0.1) is 0 Å². The lowest BCUT2D eigenvalue weighted by Crippen LogP contribution is -2.45. The van der Waals surface area contributed by atoms with Crippen molar-refractivity contribution in [3.8, 4) is 0 Å². The Morgan fingerprint density at radius 1 is 1.40 bits per heavy atom. The van der Waals surface area contributed by atoms with Crippen LogP contribution in [0.3, 0.4) is 0 Å². The van der Waals surface area contributed by atoms with Crippen LogP contribution >= 0.6 is 0 Å². The van der Waals surface area contributed by atoms with E-state index in [1.165, 1.54) is 13.8 Å². The fraction of sp³-hybridized carbons (Fsp3) is 0.833. The zero-order valence-electron chi connectivity index (χ0n) is 11.8. The molecule has 20 heavy (non-hydrogen) atoms. The quantitative estimate of drug-likeness (QED) is 0.728. The van der Waals surface area contributed by atoms with Crippen molar-refractivity contribution in [1.29, 1.82) is 0 Å². The summed E-state index contributed by atoms with van der Waals surface area (Å²) in [5, 5.41) is 8.70. The predicted molar refractivity (Wildman–Crippen MR) is 73.7 cm³/mol. The molecule has 0 aliphatic carbocycles. The molecule has 1 aliphatic heterocycles. The van der Waals surface area contributed by atoms with E-state index in [2.05, 4.69) is 4.72 Å². The Bertz CT molecular complexity index is 462. The van der Waals surface area contributed by atoms with Crippen LogP contribution in [0.1, 0.15) is 39.5 Å². The molecule has 2 N–H and O–H groups in total. The van der Waals surface area contributed by atoms with Crippen molar-refractivity contribution in [3.63, 3.8) is 0 Å². The summed E-state index contributed by atoms with van der Waals surface area (Å²) in [5.74, 6) is -1.42. The van der Waals surface area contributed by atoms with E-state index < -0.39 is 22.0 Å². The average Bonchev–Trinajstić information content (AvgIpc) is 2.36. The van der Waals surface area contributed by atoms with Gasteiger partial charge in [-0.2, -0.15) is 0 Å². The number of likely N-dealkylation sites (tertiary alicyclic amines) is 1. The molecular weight excluding hydrogens is 284 g/mol. The van der Waals surface area contributed by atoms with Gasteiger partial charge in [0.1, 0.15) is 6.04 Å². The van der Waals surface area contributed by atoms with Gasteiger partial charge < -0.3 is 10.0 Å². The fourth-order valence-corrected chi connectivity index (χ4v) is 3.72. The third kappa shape index (κ3) is 5.09.